The highest BCUT2D eigenvalue weighted by Crippen LogP contribution is 2.18. The molecule has 0 aliphatic heterocycles. The van der Waals surface area contributed by atoms with Gasteiger partial charge in [-0.15, -0.1) is 0 Å². The summed E-state index contributed by atoms with van der Waals surface area (Å²) in [4.78, 5) is 0. The van der Waals surface area contributed by atoms with Crippen molar-refractivity contribution in [1.29, 1.82) is 0 Å². The highest BCUT2D eigenvalue weighted by atomic mass is 15.0. The van der Waals surface area contributed by atoms with Gasteiger partial charge in [0.15, 0.2) is 0 Å². The summed E-state index contributed by atoms with van der Waals surface area (Å²) in [6.45, 7) is 6.82. The summed E-state index contributed by atoms with van der Waals surface area (Å²) in [5.41, 5.74) is 5.86. The Morgan fingerprint density at radius 2 is 1.62 bits per heavy atom. The summed E-state index contributed by atoms with van der Waals surface area (Å²) in [6.07, 6.45) is 4.92. The largest absolute Gasteiger partial charge is 0.328 e. The fourth-order valence-electron chi connectivity index (χ4n) is 1.85. The second kappa shape index (κ2) is 4.97. The SMILES string of the molecule is CC(C)C(C)NC1CCC(N)CC1. The fraction of sp³-hybridized carbons (Fsp3) is 1.00. The van der Waals surface area contributed by atoms with E-state index in [0.29, 0.717) is 12.1 Å². The van der Waals surface area contributed by atoms with Crippen molar-refractivity contribution in [1.82, 2.24) is 5.32 Å². The van der Waals surface area contributed by atoms with Gasteiger partial charge in [0.2, 0.25) is 0 Å². The Morgan fingerprint density at radius 1 is 1.08 bits per heavy atom. The van der Waals surface area contributed by atoms with E-state index in [4.69, 9.17) is 5.73 Å². The van der Waals surface area contributed by atoms with E-state index < -0.39 is 0 Å². The average molecular weight is 184 g/mol. The van der Waals surface area contributed by atoms with E-state index >= 15 is 0 Å². The van der Waals surface area contributed by atoms with Crippen LogP contribution in [0.5, 0.6) is 0 Å². The van der Waals surface area contributed by atoms with E-state index in [1.807, 2.05) is 0 Å². The molecule has 2 heteroatoms. The maximum absolute atomic E-state index is 5.86. The molecule has 1 rings (SSSR count). The quantitative estimate of drug-likeness (QED) is 0.703. The summed E-state index contributed by atoms with van der Waals surface area (Å²) in [6, 6.07) is 1.82. The predicted molar refractivity (Wildman–Crippen MR) is 57.7 cm³/mol. The topological polar surface area (TPSA) is 38.0 Å². The van der Waals surface area contributed by atoms with Crippen molar-refractivity contribution >= 4 is 0 Å². The molecule has 0 saturated heterocycles. The third-order valence-electron chi connectivity index (χ3n) is 3.27. The van der Waals surface area contributed by atoms with Gasteiger partial charge in [0.25, 0.3) is 0 Å². The molecule has 0 aromatic carbocycles. The number of rotatable bonds is 3. The first-order valence-corrected chi connectivity index (χ1v) is 5.61. The second-order valence-corrected chi connectivity index (χ2v) is 4.81. The monoisotopic (exact) mass is 184 g/mol. The Morgan fingerprint density at radius 3 is 2.08 bits per heavy atom. The normalized spacial score (nSPS) is 32.1. The van der Waals surface area contributed by atoms with Gasteiger partial charge >= 0.3 is 0 Å². The molecule has 0 amide bonds. The van der Waals surface area contributed by atoms with E-state index in [2.05, 4.69) is 26.1 Å². The lowest BCUT2D eigenvalue weighted by atomic mass is 9.90. The molecule has 1 aliphatic carbocycles. The van der Waals surface area contributed by atoms with Crippen molar-refractivity contribution < 1.29 is 0 Å². The molecule has 0 aromatic rings. The van der Waals surface area contributed by atoms with Gasteiger partial charge < -0.3 is 11.1 Å². The lowest BCUT2D eigenvalue weighted by Gasteiger charge is -2.30. The minimum Gasteiger partial charge on any atom is -0.328 e. The van der Waals surface area contributed by atoms with Gasteiger partial charge in [0.1, 0.15) is 0 Å². The highest BCUT2D eigenvalue weighted by molar-refractivity contribution is 4.81. The third kappa shape index (κ3) is 3.65. The van der Waals surface area contributed by atoms with E-state index in [1.54, 1.807) is 0 Å². The molecule has 1 aliphatic rings. The molecule has 0 heterocycles. The molecule has 0 bridgehead atoms. The molecule has 1 fully saturated rings. The average Bonchev–Trinajstić information content (AvgIpc) is 2.08. The summed E-state index contributed by atoms with van der Waals surface area (Å²) < 4.78 is 0. The van der Waals surface area contributed by atoms with Crippen LogP contribution in [-0.2, 0) is 0 Å². The molecule has 0 radical (unpaired) electrons. The van der Waals surface area contributed by atoms with Gasteiger partial charge in [-0.1, -0.05) is 13.8 Å². The summed E-state index contributed by atoms with van der Waals surface area (Å²) in [5.74, 6) is 0.732. The lowest BCUT2D eigenvalue weighted by Crippen LogP contribution is -2.43. The van der Waals surface area contributed by atoms with Gasteiger partial charge in [-0.3, -0.25) is 0 Å². The smallest absolute Gasteiger partial charge is 0.00708 e. The van der Waals surface area contributed by atoms with Crippen molar-refractivity contribution in [2.45, 2.75) is 64.6 Å². The Labute approximate surface area is 82.3 Å². The van der Waals surface area contributed by atoms with Crippen LogP contribution in [0.3, 0.4) is 0 Å². The van der Waals surface area contributed by atoms with Gasteiger partial charge in [0, 0.05) is 18.1 Å². The first-order chi connectivity index (χ1) is 6.09. The zero-order chi connectivity index (χ0) is 9.84. The minimum absolute atomic E-state index is 0.465. The molecular weight excluding hydrogens is 160 g/mol. The maximum atomic E-state index is 5.86. The zero-order valence-corrected chi connectivity index (χ0v) is 9.22. The van der Waals surface area contributed by atoms with Crippen molar-refractivity contribution in [2.24, 2.45) is 11.7 Å². The van der Waals surface area contributed by atoms with Gasteiger partial charge in [-0.2, -0.15) is 0 Å². The number of nitrogens with one attached hydrogen (secondary N) is 1. The lowest BCUT2D eigenvalue weighted by molar-refractivity contribution is 0.293. The summed E-state index contributed by atoms with van der Waals surface area (Å²) in [5, 5.41) is 3.68. The first kappa shape index (κ1) is 11.0. The van der Waals surface area contributed by atoms with Crippen LogP contribution in [0.15, 0.2) is 0 Å². The molecule has 2 nitrogen and oxygen atoms in total. The summed E-state index contributed by atoms with van der Waals surface area (Å²) in [7, 11) is 0. The standard InChI is InChI=1S/C11H24N2/c1-8(2)9(3)13-11-6-4-10(12)5-7-11/h8-11,13H,4-7,12H2,1-3H3. The molecule has 1 saturated carbocycles. The van der Waals surface area contributed by atoms with Crippen molar-refractivity contribution in [3.05, 3.63) is 0 Å². The Balaban J connectivity index is 2.22. The molecule has 3 N–H and O–H groups in total. The highest BCUT2D eigenvalue weighted by Gasteiger charge is 2.20. The fourth-order valence-corrected chi connectivity index (χ4v) is 1.85. The van der Waals surface area contributed by atoms with Gasteiger partial charge in [0.05, 0.1) is 0 Å². The molecule has 0 spiro atoms. The zero-order valence-electron chi connectivity index (χ0n) is 9.22. The maximum Gasteiger partial charge on any atom is 0.00708 e. The van der Waals surface area contributed by atoms with E-state index in [0.717, 1.165) is 12.0 Å². The van der Waals surface area contributed by atoms with Crippen LogP contribution < -0.4 is 11.1 Å². The van der Waals surface area contributed by atoms with E-state index in [-0.39, 0.29) is 0 Å². The summed E-state index contributed by atoms with van der Waals surface area (Å²) >= 11 is 0. The van der Waals surface area contributed by atoms with Crippen LogP contribution in [0.2, 0.25) is 0 Å². The van der Waals surface area contributed by atoms with Gasteiger partial charge in [-0.05, 0) is 38.5 Å². The molecule has 0 aromatic heterocycles. The molecular formula is C11H24N2. The van der Waals surface area contributed by atoms with E-state index in [1.165, 1.54) is 25.7 Å². The second-order valence-electron chi connectivity index (χ2n) is 4.81. The first-order valence-electron chi connectivity index (χ1n) is 5.61. The Hall–Kier alpha value is -0.0800. The van der Waals surface area contributed by atoms with Crippen LogP contribution in [0.25, 0.3) is 0 Å². The van der Waals surface area contributed by atoms with Crippen LogP contribution in [0.1, 0.15) is 46.5 Å². The van der Waals surface area contributed by atoms with Crippen molar-refractivity contribution in [3.63, 3.8) is 0 Å². The number of hydrogen-bond donors (Lipinski definition) is 2. The van der Waals surface area contributed by atoms with Gasteiger partial charge in [-0.25, -0.2) is 0 Å². The van der Waals surface area contributed by atoms with E-state index in [9.17, 15) is 0 Å². The molecule has 78 valence electrons. The third-order valence-corrected chi connectivity index (χ3v) is 3.27. The van der Waals surface area contributed by atoms with Crippen LogP contribution in [-0.4, -0.2) is 18.1 Å². The minimum atomic E-state index is 0.465. The van der Waals surface area contributed by atoms with Crippen molar-refractivity contribution in [3.8, 4) is 0 Å². The van der Waals surface area contributed by atoms with Crippen LogP contribution >= 0.6 is 0 Å². The Kier molecular flexibility index (Phi) is 4.20. The Bertz CT molecular complexity index is 137. The molecule has 1 unspecified atom stereocenters. The van der Waals surface area contributed by atoms with Crippen LogP contribution in [0, 0.1) is 5.92 Å². The number of nitrogens with two attached hydrogens (primary N) is 1. The predicted octanol–water partition coefficient (Wildman–Crippen LogP) is 1.89. The number of hydrogen-bond acceptors (Lipinski definition) is 2. The van der Waals surface area contributed by atoms with Crippen molar-refractivity contribution in [2.75, 3.05) is 0 Å². The van der Waals surface area contributed by atoms with Crippen LogP contribution in [0.4, 0.5) is 0 Å². The molecule has 1 atom stereocenters. The molecule has 13 heavy (non-hydrogen) atoms.